The van der Waals surface area contributed by atoms with E-state index in [1.165, 1.54) is 12.1 Å². The normalized spacial score (nSPS) is 10.7. The Bertz CT molecular complexity index is 618. The second-order valence-electron chi connectivity index (χ2n) is 4.50. The number of benzene rings is 1. The lowest BCUT2D eigenvalue weighted by molar-refractivity contribution is -0.384. The molecule has 0 saturated carbocycles. The van der Waals surface area contributed by atoms with Crippen LogP contribution in [0.5, 0.6) is 0 Å². The van der Waals surface area contributed by atoms with Crippen molar-refractivity contribution in [1.29, 1.82) is 0 Å². The highest BCUT2D eigenvalue weighted by Gasteiger charge is 2.06. The molecule has 0 bridgehead atoms. The lowest BCUT2D eigenvalue weighted by Gasteiger charge is -2.07. The second-order valence-corrected chi connectivity index (χ2v) is 4.50. The quantitative estimate of drug-likeness (QED) is 0.438. The van der Waals surface area contributed by atoms with Gasteiger partial charge in [0.15, 0.2) is 0 Å². The summed E-state index contributed by atoms with van der Waals surface area (Å²) in [5.41, 5.74) is 0.810. The number of non-ortho nitro benzene ring substituents is 1. The summed E-state index contributed by atoms with van der Waals surface area (Å²) in [6, 6.07) is 8.30. The fraction of sp³-hybridized carbons (Fsp3) is 0.357. The summed E-state index contributed by atoms with van der Waals surface area (Å²) in [5.74, 6) is 0.755. The summed E-state index contributed by atoms with van der Waals surface area (Å²) in [6.45, 7) is 3.05. The van der Waals surface area contributed by atoms with Crippen molar-refractivity contribution in [1.82, 2.24) is 10.3 Å². The molecule has 7 nitrogen and oxygen atoms in total. The van der Waals surface area contributed by atoms with E-state index in [1.807, 2.05) is 12.1 Å². The molecule has 112 valence electrons. The van der Waals surface area contributed by atoms with Crippen LogP contribution in [0.4, 0.5) is 11.5 Å². The fourth-order valence-electron chi connectivity index (χ4n) is 1.90. The van der Waals surface area contributed by atoms with Gasteiger partial charge in [-0.3, -0.25) is 10.1 Å². The Labute approximate surface area is 122 Å². The Hall–Kier alpha value is -2.25. The third-order valence-corrected chi connectivity index (χ3v) is 2.97. The van der Waals surface area contributed by atoms with Gasteiger partial charge in [0.25, 0.3) is 5.69 Å². The average molecular weight is 290 g/mol. The van der Waals surface area contributed by atoms with Gasteiger partial charge >= 0.3 is 0 Å². The summed E-state index contributed by atoms with van der Waals surface area (Å²) >= 11 is 0. The molecule has 1 heterocycles. The van der Waals surface area contributed by atoms with Crippen molar-refractivity contribution in [3.8, 4) is 0 Å². The Morgan fingerprint density at radius 2 is 2.10 bits per heavy atom. The van der Waals surface area contributed by atoms with E-state index in [9.17, 15) is 10.1 Å². The van der Waals surface area contributed by atoms with Crippen molar-refractivity contribution in [3.05, 3.63) is 40.4 Å². The Kier molecular flexibility index (Phi) is 5.42. The molecule has 0 amide bonds. The molecule has 0 aliphatic heterocycles. The Morgan fingerprint density at radius 1 is 1.24 bits per heavy atom. The van der Waals surface area contributed by atoms with Crippen LogP contribution in [0.1, 0.15) is 0 Å². The van der Waals surface area contributed by atoms with Gasteiger partial charge in [-0.25, -0.2) is 4.98 Å². The number of nitrogens with zero attached hydrogens (tertiary/aromatic N) is 2. The number of hydrogen-bond donors (Lipinski definition) is 2. The molecule has 21 heavy (non-hydrogen) atoms. The summed E-state index contributed by atoms with van der Waals surface area (Å²) in [4.78, 5) is 14.7. The van der Waals surface area contributed by atoms with Gasteiger partial charge in [0.05, 0.1) is 17.0 Å². The van der Waals surface area contributed by atoms with Crippen LogP contribution in [-0.2, 0) is 4.74 Å². The number of nitrogens with one attached hydrogen (secondary N) is 2. The third kappa shape index (κ3) is 4.37. The molecule has 2 rings (SSSR count). The molecule has 1 aromatic carbocycles. The minimum absolute atomic E-state index is 0.0763. The van der Waals surface area contributed by atoms with Crippen molar-refractivity contribution in [2.75, 3.05) is 38.7 Å². The molecule has 0 spiro atoms. The number of fused-ring (bicyclic) bond motifs is 1. The number of nitro groups is 1. The molecule has 0 atom stereocenters. The van der Waals surface area contributed by atoms with Crippen LogP contribution in [0.25, 0.3) is 10.9 Å². The van der Waals surface area contributed by atoms with Crippen LogP contribution in [0.2, 0.25) is 0 Å². The molecule has 0 radical (unpaired) electrons. The monoisotopic (exact) mass is 290 g/mol. The van der Waals surface area contributed by atoms with E-state index in [-0.39, 0.29) is 5.69 Å². The van der Waals surface area contributed by atoms with Crippen LogP contribution in [0, 0.1) is 10.1 Å². The summed E-state index contributed by atoms with van der Waals surface area (Å²) in [7, 11) is 1.67. The van der Waals surface area contributed by atoms with Gasteiger partial charge < -0.3 is 15.4 Å². The first-order chi connectivity index (χ1) is 10.2. The SMILES string of the molecule is COCCNCCNc1ccc2cc([N+](=O)[O-])ccc2n1. The standard InChI is InChI=1S/C14H18N4O3/c1-21-9-8-15-6-7-16-14-5-2-11-10-12(18(19)20)3-4-13(11)17-14/h2-5,10,15H,6-9H2,1H3,(H,16,17). The largest absolute Gasteiger partial charge is 0.383 e. The van der Waals surface area contributed by atoms with Crippen molar-refractivity contribution in [2.24, 2.45) is 0 Å². The number of rotatable bonds is 8. The maximum atomic E-state index is 10.7. The van der Waals surface area contributed by atoms with Crippen molar-refractivity contribution in [2.45, 2.75) is 0 Å². The van der Waals surface area contributed by atoms with E-state index in [1.54, 1.807) is 13.2 Å². The van der Waals surface area contributed by atoms with Gasteiger partial charge in [0.1, 0.15) is 5.82 Å². The second kappa shape index (κ2) is 7.51. The molecule has 0 unspecified atom stereocenters. The van der Waals surface area contributed by atoms with E-state index in [0.29, 0.717) is 6.61 Å². The third-order valence-electron chi connectivity index (χ3n) is 2.97. The van der Waals surface area contributed by atoms with E-state index in [2.05, 4.69) is 15.6 Å². The molecular weight excluding hydrogens is 272 g/mol. The molecule has 7 heteroatoms. The first-order valence-corrected chi connectivity index (χ1v) is 6.69. The topological polar surface area (TPSA) is 89.3 Å². The van der Waals surface area contributed by atoms with Crippen LogP contribution in [0.3, 0.4) is 0 Å². The predicted molar refractivity (Wildman–Crippen MR) is 81.6 cm³/mol. The predicted octanol–water partition coefficient (Wildman–Crippen LogP) is 1.79. The van der Waals surface area contributed by atoms with E-state index in [4.69, 9.17) is 4.74 Å². The van der Waals surface area contributed by atoms with Crippen molar-refractivity contribution < 1.29 is 9.66 Å². The molecule has 0 aliphatic carbocycles. The van der Waals surface area contributed by atoms with Crippen LogP contribution >= 0.6 is 0 Å². The molecule has 0 saturated heterocycles. The number of aromatic nitrogens is 1. The molecule has 0 aliphatic rings. The van der Waals surface area contributed by atoms with Crippen molar-refractivity contribution in [3.63, 3.8) is 0 Å². The molecular formula is C14H18N4O3. The highest BCUT2D eigenvalue weighted by Crippen LogP contribution is 2.20. The van der Waals surface area contributed by atoms with Crippen LogP contribution in [-0.4, -0.2) is 43.3 Å². The van der Waals surface area contributed by atoms with Gasteiger partial charge in [0, 0.05) is 44.3 Å². The number of ether oxygens (including phenoxy) is 1. The summed E-state index contributed by atoms with van der Waals surface area (Å²) in [6.07, 6.45) is 0. The smallest absolute Gasteiger partial charge is 0.270 e. The first kappa shape index (κ1) is 15.1. The first-order valence-electron chi connectivity index (χ1n) is 6.69. The van der Waals surface area contributed by atoms with Gasteiger partial charge in [-0.1, -0.05) is 0 Å². The lowest BCUT2D eigenvalue weighted by Crippen LogP contribution is -2.25. The van der Waals surface area contributed by atoms with Gasteiger partial charge in [-0.15, -0.1) is 0 Å². The molecule has 0 fully saturated rings. The molecule has 2 aromatic rings. The maximum absolute atomic E-state index is 10.7. The van der Waals surface area contributed by atoms with Gasteiger partial charge in [0.2, 0.25) is 0 Å². The Morgan fingerprint density at radius 3 is 2.86 bits per heavy atom. The number of pyridine rings is 1. The number of hydrogen-bond acceptors (Lipinski definition) is 6. The highest BCUT2D eigenvalue weighted by atomic mass is 16.6. The average Bonchev–Trinajstić information content (AvgIpc) is 2.50. The van der Waals surface area contributed by atoms with Crippen molar-refractivity contribution >= 4 is 22.4 Å². The van der Waals surface area contributed by atoms with Crippen LogP contribution in [0.15, 0.2) is 30.3 Å². The fourth-order valence-corrected chi connectivity index (χ4v) is 1.90. The number of anilines is 1. The van der Waals surface area contributed by atoms with Gasteiger partial charge in [-0.2, -0.15) is 0 Å². The minimum atomic E-state index is -0.405. The van der Waals surface area contributed by atoms with E-state index in [0.717, 1.165) is 36.4 Å². The van der Waals surface area contributed by atoms with Crippen LogP contribution < -0.4 is 10.6 Å². The zero-order valence-corrected chi connectivity index (χ0v) is 11.8. The summed E-state index contributed by atoms with van der Waals surface area (Å²) < 4.78 is 4.94. The zero-order valence-electron chi connectivity index (χ0n) is 11.8. The number of nitro benzene ring substituents is 1. The maximum Gasteiger partial charge on any atom is 0.270 e. The van der Waals surface area contributed by atoms with E-state index < -0.39 is 4.92 Å². The Balaban J connectivity index is 1.93. The minimum Gasteiger partial charge on any atom is -0.383 e. The zero-order chi connectivity index (χ0) is 15.1. The molecule has 1 aromatic heterocycles. The van der Waals surface area contributed by atoms with E-state index >= 15 is 0 Å². The highest BCUT2D eigenvalue weighted by molar-refractivity contribution is 5.82. The lowest BCUT2D eigenvalue weighted by atomic mass is 10.2. The van der Waals surface area contributed by atoms with Gasteiger partial charge in [-0.05, 0) is 18.2 Å². The number of methoxy groups -OCH3 is 1. The summed E-state index contributed by atoms with van der Waals surface area (Å²) in [5, 5.41) is 17.9. The molecule has 2 N–H and O–H groups in total.